The van der Waals surface area contributed by atoms with E-state index in [0.717, 1.165) is 12.8 Å². The molecule has 1 aliphatic carbocycles. The highest BCUT2D eigenvalue weighted by Gasteiger charge is 2.52. The summed E-state index contributed by atoms with van der Waals surface area (Å²) in [5, 5.41) is 2.86. The number of amides is 5. The Morgan fingerprint density at radius 1 is 1.00 bits per heavy atom. The lowest BCUT2D eigenvalue weighted by molar-refractivity contribution is -0.146. The number of benzene rings is 1. The second-order valence-electron chi connectivity index (χ2n) is 9.35. The van der Waals surface area contributed by atoms with Gasteiger partial charge >= 0.3 is 6.03 Å². The van der Waals surface area contributed by atoms with Crippen LogP contribution >= 0.6 is 0 Å². The van der Waals surface area contributed by atoms with E-state index in [2.05, 4.69) is 5.32 Å². The zero-order chi connectivity index (χ0) is 23.7. The van der Waals surface area contributed by atoms with E-state index in [1.165, 1.54) is 4.90 Å². The predicted molar refractivity (Wildman–Crippen MR) is 120 cm³/mol. The molecule has 1 spiro atoms. The molecule has 3 heterocycles. The van der Waals surface area contributed by atoms with Gasteiger partial charge in [-0.2, -0.15) is 0 Å². The summed E-state index contributed by atoms with van der Waals surface area (Å²) >= 11 is 0. The average Bonchev–Trinajstić information content (AvgIpc) is 3.43. The zero-order valence-corrected chi connectivity index (χ0v) is 19.2. The number of hydrogen-bond donors (Lipinski definition) is 1. The molecule has 34 heavy (non-hydrogen) atoms. The number of carbonyl (C=O) groups is 4. The van der Waals surface area contributed by atoms with Crippen molar-refractivity contribution in [2.45, 2.75) is 50.2 Å². The maximum Gasteiger partial charge on any atom is 0.325 e. The van der Waals surface area contributed by atoms with Crippen LogP contribution in [0.3, 0.4) is 0 Å². The Morgan fingerprint density at radius 3 is 2.41 bits per heavy atom. The second kappa shape index (κ2) is 9.15. The van der Waals surface area contributed by atoms with Crippen molar-refractivity contribution in [2.75, 3.05) is 39.3 Å². The van der Waals surface area contributed by atoms with Crippen molar-refractivity contribution in [3.8, 4) is 11.5 Å². The van der Waals surface area contributed by atoms with Crippen LogP contribution < -0.4 is 14.8 Å². The van der Waals surface area contributed by atoms with Gasteiger partial charge in [0.25, 0.3) is 11.8 Å². The third-order valence-electron chi connectivity index (χ3n) is 7.20. The van der Waals surface area contributed by atoms with Crippen molar-refractivity contribution in [1.82, 2.24) is 20.0 Å². The van der Waals surface area contributed by atoms with E-state index >= 15 is 0 Å². The summed E-state index contributed by atoms with van der Waals surface area (Å²) in [6.45, 7) is 2.17. The van der Waals surface area contributed by atoms with Gasteiger partial charge in [-0.05, 0) is 31.4 Å². The van der Waals surface area contributed by atoms with Crippen LogP contribution in [-0.2, 0) is 14.4 Å². The maximum atomic E-state index is 12.9. The SMILES string of the molecule is O=C(CCCN1C(=O)NC2(CCCC2)C1=O)N1CCN(C(=O)[C@H]2COc3ccccc3O2)CC1. The lowest BCUT2D eigenvalue weighted by Gasteiger charge is -2.37. The Morgan fingerprint density at radius 2 is 1.68 bits per heavy atom. The van der Waals surface area contributed by atoms with Gasteiger partial charge in [-0.15, -0.1) is 0 Å². The number of nitrogens with one attached hydrogen (secondary N) is 1. The van der Waals surface area contributed by atoms with Gasteiger partial charge in [-0.3, -0.25) is 19.3 Å². The number of urea groups is 1. The Kier molecular flexibility index (Phi) is 6.05. The molecule has 1 aromatic carbocycles. The average molecular weight is 471 g/mol. The summed E-state index contributed by atoms with van der Waals surface area (Å²) in [6, 6.07) is 6.92. The molecule has 0 aromatic heterocycles. The van der Waals surface area contributed by atoms with Crippen molar-refractivity contribution in [2.24, 2.45) is 0 Å². The van der Waals surface area contributed by atoms with E-state index in [1.54, 1.807) is 21.9 Å². The first-order chi connectivity index (χ1) is 16.5. The number of ether oxygens (including phenoxy) is 2. The minimum Gasteiger partial charge on any atom is -0.485 e. The molecule has 4 aliphatic rings. The molecule has 182 valence electrons. The van der Waals surface area contributed by atoms with Crippen LogP contribution in [0, 0.1) is 0 Å². The minimum absolute atomic E-state index is 0.0269. The van der Waals surface area contributed by atoms with Gasteiger partial charge in [-0.25, -0.2) is 4.79 Å². The summed E-state index contributed by atoms with van der Waals surface area (Å²) in [4.78, 5) is 55.2. The number of rotatable bonds is 5. The molecule has 0 unspecified atom stereocenters. The van der Waals surface area contributed by atoms with Crippen molar-refractivity contribution in [1.29, 1.82) is 0 Å². The fourth-order valence-corrected chi connectivity index (χ4v) is 5.26. The van der Waals surface area contributed by atoms with Crippen molar-refractivity contribution < 1.29 is 28.7 Å². The first-order valence-electron chi connectivity index (χ1n) is 12.1. The van der Waals surface area contributed by atoms with Gasteiger partial charge in [0.1, 0.15) is 12.1 Å². The number of nitrogens with zero attached hydrogens (tertiary/aromatic N) is 3. The number of piperazine rings is 1. The molecule has 1 N–H and O–H groups in total. The van der Waals surface area contributed by atoms with E-state index in [-0.39, 0.29) is 43.3 Å². The van der Waals surface area contributed by atoms with Crippen LogP contribution in [0.25, 0.3) is 0 Å². The Labute approximate surface area is 198 Å². The molecule has 1 aromatic rings. The lowest BCUT2D eigenvalue weighted by Crippen LogP contribution is -2.55. The number of carbonyl (C=O) groups excluding carboxylic acids is 4. The molecule has 5 amide bonds. The zero-order valence-electron chi connectivity index (χ0n) is 19.2. The summed E-state index contributed by atoms with van der Waals surface area (Å²) in [7, 11) is 0. The quantitative estimate of drug-likeness (QED) is 0.647. The lowest BCUT2D eigenvalue weighted by atomic mass is 9.98. The fourth-order valence-electron chi connectivity index (χ4n) is 5.26. The summed E-state index contributed by atoms with van der Waals surface area (Å²) < 4.78 is 11.5. The first-order valence-corrected chi connectivity index (χ1v) is 12.1. The third-order valence-corrected chi connectivity index (χ3v) is 7.20. The number of hydrogen-bond acceptors (Lipinski definition) is 6. The van der Waals surface area contributed by atoms with Gasteiger partial charge in [0.05, 0.1) is 0 Å². The minimum atomic E-state index is -0.709. The molecule has 1 saturated carbocycles. The molecule has 5 rings (SSSR count). The number of imide groups is 1. The Hall–Kier alpha value is -3.30. The maximum absolute atomic E-state index is 12.9. The largest absolute Gasteiger partial charge is 0.485 e. The molecule has 0 radical (unpaired) electrons. The molecular formula is C24H30N4O6. The van der Waals surface area contributed by atoms with Crippen LogP contribution in [0.15, 0.2) is 24.3 Å². The van der Waals surface area contributed by atoms with Crippen molar-refractivity contribution in [3.63, 3.8) is 0 Å². The van der Waals surface area contributed by atoms with Crippen molar-refractivity contribution >= 4 is 23.8 Å². The summed E-state index contributed by atoms with van der Waals surface area (Å²) in [5.41, 5.74) is -0.709. The van der Waals surface area contributed by atoms with Crippen LogP contribution in [0.1, 0.15) is 38.5 Å². The molecule has 3 fully saturated rings. The Balaban J connectivity index is 1.06. The molecular weight excluding hydrogens is 440 g/mol. The van der Waals surface area contributed by atoms with Gasteiger partial charge in [0.15, 0.2) is 11.5 Å². The number of para-hydroxylation sites is 2. The number of fused-ring (bicyclic) bond motifs is 1. The fraction of sp³-hybridized carbons (Fsp3) is 0.583. The van der Waals surface area contributed by atoms with Crippen LogP contribution in [0.5, 0.6) is 11.5 Å². The standard InChI is InChI=1S/C24H30N4O6/c29-20(8-5-11-28-22(31)24(25-23(28)32)9-3-4-10-24)26-12-14-27(15-13-26)21(30)19-16-33-17-6-1-2-7-18(17)34-19/h1-2,6-7,19H,3-5,8-16H2,(H,25,32)/t19-/m1/s1. The predicted octanol–water partition coefficient (Wildman–Crippen LogP) is 1.14. The first kappa shape index (κ1) is 22.5. The summed E-state index contributed by atoms with van der Waals surface area (Å²) in [6.07, 6.45) is 3.28. The molecule has 10 nitrogen and oxygen atoms in total. The van der Waals surface area contributed by atoms with Crippen molar-refractivity contribution in [3.05, 3.63) is 24.3 Å². The normalized spacial score (nSPS) is 23.4. The highest BCUT2D eigenvalue weighted by molar-refractivity contribution is 6.07. The highest BCUT2D eigenvalue weighted by Crippen LogP contribution is 2.35. The monoisotopic (exact) mass is 470 g/mol. The molecule has 2 saturated heterocycles. The topological polar surface area (TPSA) is 108 Å². The van der Waals surface area contributed by atoms with E-state index in [1.807, 2.05) is 12.1 Å². The Bertz CT molecular complexity index is 983. The van der Waals surface area contributed by atoms with Gasteiger partial charge < -0.3 is 24.6 Å². The van der Waals surface area contributed by atoms with Crippen LogP contribution in [0.2, 0.25) is 0 Å². The smallest absolute Gasteiger partial charge is 0.325 e. The molecule has 3 aliphatic heterocycles. The van der Waals surface area contributed by atoms with Crippen LogP contribution in [0.4, 0.5) is 4.79 Å². The van der Waals surface area contributed by atoms with E-state index in [0.29, 0.717) is 56.9 Å². The summed E-state index contributed by atoms with van der Waals surface area (Å²) in [5.74, 6) is 0.881. The highest BCUT2D eigenvalue weighted by atomic mass is 16.6. The van der Waals surface area contributed by atoms with Gasteiger partial charge in [-0.1, -0.05) is 25.0 Å². The van der Waals surface area contributed by atoms with E-state index < -0.39 is 11.6 Å². The second-order valence-corrected chi connectivity index (χ2v) is 9.35. The molecule has 0 bridgehead atoms. The molecule has 10 heteroatoms. The van der Waals surface area contributed by atoms with E-state index in [9.17, 15) is 19.2 Å². The van der Waals surface area contributed by atoms with Crippen LogP contribution in [-0.4, -0.2) is 89.4 Å². The molecule has 1 atom stereocenters. The van der Waals surface area contributed by atoms with Gasteiger partial charge in [0, 0.05) is 39.1 Å². The third kappa shape index (κ3) is 4.17. The van der Waals surface area contributed by atoms with Gasteiger partial charge in [0.2, 0.25) is 12.0 Å². The van der Waals surface area contributed by atoms with E-state index in [4.69, 9.17) is 9.47 Å².